The summed E-state index contributed by atoms with van der Waals surface area (Å²) in [5.74, 6) is 1.52. The predicted molar refractivity (Wildman–Crippen MR) is 63.4 cm³/mol. The summed E-state index contributed by atoms with van der Waals surface area (Å²) in [5, 5.41) is 0. The van der Waals surface area contributed by atoms with Gasteiger partial charge < -0.3 is 9.47 Å². The van der Waals surface area contributed by atoms with Crippen LogP contribution in [0.15, 0.2) is 17.0 Å². The van der Waals surface area contributed by atoms with Gasteiger partial charge in [-0.05, 0) is 26.0 Å². The molecule has 0 N–H and O–H groups in total. The highest BCUT2D eigenvalue weighted by atomic mass is 32.2. The lowest BCUT2D eigenvalue weighted by Crippen LogP contribution is -2.12. The fraction of sp³-hybridized carbons (Fsp3) is 0.417. The number of carbonyl (C=O) groups is 1. The number of hydrogen-bond donors (Lipinski definition) is 0. The van der Waals surface area contributed by atoms with Gasteiger partial charge in [0.25, 0.3) is 0 Å². The van der Waals surface area contributed by atoms with E-state index in [4.69, 9.17) is 9.47 Å². The van der Waals surface area contributed by atoms with Crippen LogP contribution in [0.1, 0.15) is 22.8 Å². The zero-order chi connectivity index (χ0) is 11.5. The molecule has 4 heteroatoms. The van der Waals surface area contributed by atoms with Crippen molar-refractivity contribution in [2.24, 2.45) is 0 Å². The van der Waals surface area contributed by atoms with Gasteiger partial charge in [-0.25, -0.2) is 4.79 Å². The lowest BCUT2D eigenvalue weighted by Gasteiger charge is -2.20. The standard InChI is InChI=1S/C12H14O3S/c1-3-14-12(13)9-4-5-10-11(8(9)2)15-6-7-16-10/h4-5H,3,6-7H2,1-2H3. The van der Waals surface area contributed by atoms with Crippen LogP contribution in [0.5, 0.6) is 5.75 Å². The van der Waals surface area contributed by atoms with Crippen LogP contribution in [0.4, 0.5) is 0 Å². The molecule has 0 aromatic heterocycles. The zero-order valence-corrected chi connectivity index (χ0v) is 10.2. The van der Waals surface area contributed by atoms with Crippen LogP contribution in [-0.2, 0) is 4.74 Å². The summed E-state index contributed by atoms with van der Waals surface area (Å²) in [6.07, 6.45) is 0. The van der Waals surface area contributed by atoms with E-state index in [-0.39, 0.29) is 5.97 Å². The third-order valence-corrected chi connectivity index (χ3v) is 3.46. The number of carbonyl (C=O) groups excluding carboxylic acids is 1. The van der Waals surface area contributed by atoms with Crippen LogP contribution in [0.2, 0.25) is 0 Å². The van der Waals surface area contributed by atoms with Gasteiger partial charge in [0.2, 0.25) is 0 Å². The molecule has 16 heavy (non-hydrogen) atoms. The maximum Gasteiger partial charge on any atom is 0.338 e. The quantitative estimate of drug-likeness (QED) is 0.742. The van der Waals surface area contributed by atoms with Gasteiger partial charge in [0.1, 0.15) is 5.75 Å². The second-order valence-corrected chi connectivity index (χ2v) is 4.62. The highest BCUT2D eigenvalue weighted by molar-refractivity contribution is 7.99. The molecule has 0 saturated carbocycles. The topological polar surface area (TPSA) is 35.5 Å². The summed E-state index contributed by atoms with van der Waals surface area (Å²) in [6, 6.07) is 3.74. The van der Waals surface area contributed by atoms with Gasteiger partial charge in [-0.15, -0.1) is 11.8 Å². The second-order valence-electron chi connectivity index (χ2n) is 3.48. The first-order valence-corrected chi connectivity index (χ1v) is 6.29. The SMILES string of the molecule is CCOC(=O)c1ccc2c(c1C)OCCS2. The molecule has 3 nitrogen and oxygen atoms in total. The van der Waals surface area contributed by atoms with Crippen molar-refractivity contribution in [1.82, 2.24) is 0 Å². The summed E-state index contributed by atoms with van der Waals surface area (Å²) >= 11 is 1.76. The summed E-state index contributed by atoms with van der Waals surface area (Å²) in [5.41, 5.74) is 1.48. The summed E-state index contributed by atoms with van der Waals surface area (Å²) < 4.78 is 10.6. The average molecular weight is 238 g/mol. The number of rotatable bonds is 2. The maximum atomic E-state index is 11.7. The van der Waals surface area contributed by atoms with E-state index >= 15 is 0 Å². The smallest absolute Gasteiger partial charge is 0.338 e. The Labute approximate surface area is 99.1 Å². The molecular weight excluding hydrogens is 224 g/mol. The fourth-order valence-electron chi connectivity index (χ4n) is 1.69. The Bertz CT molecular complexity index is 415. The number of fused-ring (bicyclic) bond motifs is 1. The van der Waals surface area contributed by atoms with Crippen molar-refractivity contribution < 1.29 is 14.3 Å². The Balaban J connectivity index is 2.37. The van der Waals surface area contributed by atoms with Gasteiger partial charge in [0.05, 0.1) is 18.8 Å². The van der Waals surface area contributed by atoms with Crippen LogP contribution < -0.4 is 4.74 Å². The molecule has 0 spiro atoms. The minimum absolute atomic E-state index is 0.276. The molecule has 0 bridgehead atoms. The van der Waals surface area contributed by atoms with Crippen LogP contribution in [0.25, 0.3) is 0 Å². The number of thioether (sulfide) groups is 1. The first-order chi connectivity index (χ1) is 7.74. The Hall–Kier alpha value is -1.16. The van der Waals surface area contributed by atoms with Crippen LogP contribution >= 0.6 is 11.8 Å². The molecule has 1 aliphatic heterocycles. The van der Waals surface area contributed by atoms with E-state index < -0.39 is 0 Å². The summed E-state index contributed by atoms with van der Waals surface area (Å²) in [7, 11) is 0. The maximum absolute atomic E-state index is 11.7. The van der Waals surface area contributed by atoms with E-state index in [0.29, 0.717) is 18.8 Å². The molecule has 0 fully saturated rings. The van der Waals surface area contributed by atoms with Gasteiger partial charge in [-0.2, -0.15) is 0 Å². The van der Waals surface area contributed by atoms with Gasteiger partial charge in [-0.1, -0.05) is 0 Å². The molecule has 2 rings (SSSR count). The molecule has 0 unspecified atom stereocenters. The largest absolute Gasteiger partial charge is 0.491 e. The van der Waals surface area contributed by atoms with Gasteiger partial charge in [-0.3, -0.25) is 0 Å². The molecule has 0 atom stereocenters. The minimum Gasteiger partial charge on any atom is -0.491 e. The molecule has 0 radical (unpaired) electrons. The van der Waals surface area contributed by atoms with E-state index in [1.165, 1.54) is 0 Å². The Kier molecular flexibility index (Phi) is 3.39. The van der Waals surface area contributed by atoms with Crippen molar-refractivity contribution >= 4 is 17.7 Å². The highest BCUT2D eigenvalue weighted by Crippen LogP contribution is 2.37. The molecular formula is C12H14O3S. The van der Waals surface area contributed by atoms with Crippen molar-refractivity contribution in [2.45, 2.75) is 18.7 Å². The third-order valence-electron chi connectivity index (χ3n) is 2.45. The minimum atomic E-state index is -0.276. The number of esters is 1. The number of benzene rings is 1. The molecule has 0 aliphatic carbocycles. The average Bonchev–Trinajstić information content (AvgIpc) is 2.30. The monoisotopic (exact) mass is 238 g/mol. The molecule has 1 heterocycles. The number of hydrogen-bond acceptors (Lipinski definition) is 4. The van der Waals surface area contributed by atoms with Crippen molar-refractivity contribution in [2.75, 3.05) is 19.0 Å². The molecule has 1 aromatic carbocycles. The Morgan fingerprint density at radius 3 is 3.12 bits per heavy atom. The number of ether oxygens (including phenoxy) is 2. The third kappa shape index (κ3) is 2.02. The van der Waals surface area contributed by atoms with E-state index in [2.05, 4.69) is 0 Å². The van der Waals surface area contributed by atoms with Crippen molar-refractivity contribution in [3.63, 3.8) is 0 Å². The van der Waals surface area contributed by atoms with Gasteiger partial charge in [0.15, 0.2) is 0 Å². The van der Waals surface area contributed by atoms with E-state index in [9.17, 15) is 4.79 Å². The van der Waals surface area contributed by atoms with Crippen molar-refractivity contribution in [3.05, 3.63) is 23.3 Å². The molecule has 86 valence electrons. The van der Waals surface area contributed by atoms with Crippen LogP contribution in [-0.4, -0.2) is 24.9 Å². The predicted octanol–water partition coefficient (Wildman–Crippen LogP) is 2.66. The Morgan fingerprint density at radius 2 is 2.38 bits per heavy atom. The van der Waals surface area contributed by atoms with Crippen LogP contribution in [0.3, 0.4) is 0 Å². The highest BCUT2D eigenvalue weighted by Gasteiger charge is 2.19. The first kappa shape index (κ1) is 11.3. The second kappa shape index (κ2) is 4.78. The van der Waals surface area contributed by atoms with Crippen molar-refractivity contribution in [3.8, 4) is 5.75 Å². The van der Waals surface area contributed by atoms with Crippen molar-refractivity contribution in [1.29, 1.82) is 0 Å². The molecule has 1 aliphatic rings. The van der Waals surface area contributed by atoms with E-state index in [1.54, 1.807) is 18.7 Å². The zero-order valence-electron chi connectivity index (χ0n) is 9.41. The summed E-state index contributed by atoms with van der Waals surface area (Å²) in [6.45, 7) is 4.80. The van der Waals surface area contributed by atoms with Crippen LogP contribution in [0, 0.1) is 6.92 Å². The lowest BCUT2D eigenvalue weighted by atomic mass is 10.1. The molecule has 0 amide bonds. The van der Waals surface area contributed by atoms with Gasteiger partial charge >= 0.3 is 5.97 Å². The molecule has 0 saturated heterocycles. The van der Waals surface area contributed by atoms with E-state index in [0.717, 1.165) is 22.0 Å². The fourth-order valence-corrected chi connectivity index (χ4v) is 2.58. The molecule has 1 aromatic rings. The Morgan fingerprint density at radius 1 is 1.56 bits per heavy atom. The van der Waals surface area contributed by atoms with E-state index in [1.807, 2.05) is 19.1 Å². The first-order valence-electron chi connectivity index (χ1n) is 5.30. The van der Waals surface area contributed by atoms with Gasteiger partial charge in [0, 0.05) is 16.2 Å². The lowest BCUT2D eigenvalue weighted by molar-refractivity contribution is 0.0525. The normalized spacial score (nSPS) is 13.9. The summed E-state index contributed by atoms with van der Waals surface area (Å²) in [4.78, 5) is 12.8.